The highest BCUT2D eigenvalue weighted by atomic mass is 16.5. The number of carbonyl (C=O) groups excluding carboxylic acids is 1. The Hall–Kier alpha value is -0.650. The molecule has 0 bridgehead atoms. The number of methoxy groups -OCH3 is 1. The molecule has 1 fully saturated rings. The van der Waals surface area contributed by atoms with E-state index in [0.29, 0.717) is 18.9 Å². The molecule has 0 aromatic heterocycles. The first kappa shape index (κ1) is 14.4. The number of nitrogens with one attached hydrogen (secondary N) is 1. The molecule has 2 unspecified atom stereocenters. The molecular weight excluding hydrogens is 220 g/mol. The Morgan fingerprint density at radius 1 is 1.53 bits per heavy atom. The van der Waals surface area contributed by atoms with Gasteiger partial charge in [-0.05, 0) is 25.7 Å². The number of hydrogen-bond donors (Lipinski definition) is 2. The molecule has 0 saturated carbocycles. The van der Waals surface area contributed by atoms with E-state index in [1.54, 1.807) is 7.11 Å². The van der Waals surface area contributed by atoms with E-state index < -0.39 is 0 Å². The van der Waals surface area contributed by atoms with Gasteiger partial charge in [-0.15, -0.1) is 0 Å². The number of hydrogen-bond acceptors (Lipinski definition) is 4. The molecule has 1 saturated heterocycles. The van der Waals surface area contributed by atoms with Crippen molar-refractivity contribution < 1.29 is 14.3 Å². The van der Waals surface area contributed by atoms with E-state index in [0.717, 1.165) is 26.1 Å². The van der Waals surface area contributed by atoms with Gasteiger partial charge in [0.05, 0.1) is 12.5 Å². The lowest BCUT2D eigenvalue weighted by Gasteiger charge is -2.28. The van der Waals surface area contributed by atoms with Crippen LogP contribution in [0.3, 0.4) is 0 Å². The predicted molar refractivity (Wildman–Crippen MR) is 65.6 cm³/mol. The van der Waals surface area contributed by atoms with Gasteiger partial charge in [0.25, 0.3) is 0 Å². The second kappa shape index (κ2) is 7.63. The van der Waals surface area contributed by atoms with Crippen LogP contribution >= 0.6 is 0 Å². The minimum Gasteiger partial charge on any atom is -0.381 e. The second-order valence-corrected chi connectivity index (χ2v) is 4.60. The average Bonchev–Trinajstić information content (AvgIpc) is 2.37. The summed E-state index contributed by atoms with van der Waals surface area (Å²) in [5.41, 5.74) is 5.48. The van der Waals surface area contributed by atoms with Crippen molar-refractivity contribution in [2.45, 2.75) is 38.3 Å². The molecule has 1 amide bonds. The molecule has 1 aliphatic heterocycles. The number of rotatable bonds is 6. The standard InChI is InChI=1S/C12H24N2O3/c1-9(10-3-5-17-6-4-10)14-12(15)7-11(8-13)16-2/h9-11H,3-8,13H2,1-2H3,(H,14,15). The van der Waals surface area contributed by atoms with Gasteiger partial charge in [-0.3, -0.25) is 4.79 Å². The van der Waals surface area contributed by atoms with Crippen LogP contribution in [0.5, 0.6) is 0 Å². The van der Waals surface area contributed by atoms with E-state index in [-0.39, 0.29) is 18.1 Å². The average molecular weight is 244 g/mol. The van der Waals surface area contributed by atoms with E-state index in [1.165, 1.54) is 0 Å². The molecule has 3 N–H and O–H groups in total. The van der Waals surface area contributed by atoms with Gasteiger partial charge < -0.3 is 20.5 Å². The molecule has 17 heavy (non-hydrogen) atoms. The van der Waals surface area contributed by atoms with Gasteiger partial charge in [0, 0.05) is 32.9 Å². The third kappa shape index (κ3) is 5.02. The van der Waals surface area contributed by atoms with Crippen LogP contribution in [-0.4, -0.2) is 44.9 Å². The predicted octanol–water partition coefficient (Wildman–Crippen LogP) is 0.282. The summed E-state index contributed by atoms with van der Waals surface area (Å²) in [6.45, 7) is 4.02. The highest BCUT2D eigenvalue weighted by Crippen LogP contribution is 2.18. The highest BCUT2D eigenvalue weighted by molar-refractivity contribution is 5.76. The molecule has 0 aromatic carbocycles. The zero-order valence-electron chi connectivity index (χ0n) is 10.8. The number of carbonyl (C=O) groups is 1. The molecule has 1 rings (SSSR count). The van der Waals surface area contributed by atoms with Crippen LogP contribution in [0.25, 0.3) is 0 Å². The van der Waals surface area contributed by atoms with Crippen LogP contribution in [0.2, 0.25) is 0 Å². The van der Waals surface area contributed by atoms with Crippen LogP contribution in [0.4, 0.5) is 0 Å². The highest BCUT2D eigenvalue weighted by Gasteiger charge is 2.22. The summed E-state index contributed by atoms with van der Waals surface area (Å²) in [5.74, 6) is 0.535. The van der Waals surface area contributed by atoms with Crippen molar-refractivity contribution in [3.8, 4) is 0 Å². The quantitative estimate of drug-likeness (QED) is 0.704. The molecule has 5 heteroatoms. The SMILES string of the molecule is COC(CN)CC(=O)NC(C)C1CCOCC1. The molecule has 0 radical (unpaired) electrons. The van der Waals surface area contributed by atoms with Gasteiger partial charge in [0.15, 0.2) is 0 Å². The Morgan fingerprint density at radius 2 is 2.18 bits per heavy atom. The van der Waals surface area contributed by atoms with Crippen LogP contribution in [0.1, 0.15) is 26.2 Å². The van der Waals surface area contributed by atoms with Crippen molar-refractivity contribution >= 4 is 5.91 Å². The summed E-state index contributed by atoms with van der Waals surface area (Å²) in [6, 6.07) is 0.196. The van der Waals surface area contributed by atoms with E-state index in [1.807, 2.05) is 0 Å². The number of ether oxygens (including phenoxy) is 2. The molecule has 0 aromatic rings. The molecule has 100 valence electrons. The first-order chi connectivity index (χ1) is 8.17. The van der Waals surface area contributed by atoms with Crippen LogP contribution < -0.4 is 11.1 Å². The smallest absolute Gasteiger partial charge is 0.222 e. The van der Waals surface area contributed by atoms with Gasteiger partial charge >= 0.3 is 0 Å². The van der Waals surface area contributed by atoms with Crippen molar-refractivity contribution in [2.24, 2.45) is 11.7 Å². The molecule has 0 spiro atoms. The van der Waals surface area contributed by atoms with E-state index in [9.17, 15) is 4.79 Å². The molecule has 1 heterocycles. The van der Waals surface area contributed by atoms with Gasteiger partial charge in [-0.25, -0.2) is 0 Å². The number of nitrogens with two attached hydrogens (primary N) is 1. The fourth-order valence-electron chi connectivity index (χ4n) is 2.12. The van der Waals surface area contributed by atoms with Crippen molar-refractivity contribution in [2.75, 3.05) is 26.9 Å². The monoisotopic (exact) mass is 244 g/mol. The Kier molecular flexibility index (Phi) is 6.47. The fourth-order valence-corrected chi connectivity index (χ4v) is 2.12. The summed E-state index contributed by atoms with van der Waals surface area (Å²) >= 11 is 0. The van der Waals surface area contributed by atoms with Crippen molar-refractivity contribution in [3.05, 3.63) is 0 Å². The summed E-state index contributed by atoms with van der Waals surface area (Å²) in [7, 11) is 1.58. The van der Waals surface area contributed by atoms with E-state index in [2.05, 4.69) is 12.2 Å². The van der Waals surface area contributed by atoms with E-state index in [4.69, 9.17) is 15.2 Å². The van der Waals surface area contributed by atoms with Gasteiger partial charge in [-0.2, -0.15) is 0 Å². The van der Waals surface area contributed by atoms with Gasteiger partial charge in [-0.1, -0.05) is 0 Å². The maximum atomic E-state index is 11.7. The lowest BCUT2D eigenvalue weighted by Crippen LogP contribution is -2.42. The summed E-state index contributed by atoms with van der Waals surface area (Å²) < 4.78 is 10.4. The fraction of sp³-hybridized carbons (Fsp3) is 0.917. The van der Waals surface area contributed by atoms with E-state index >= 15 is 0 Å². The Bertz CT molecular complexity index is 226. The molecular formula is C12H24N2O3. The van der Waals surface area contributed by atoms with Crippen LogP contribution in [0, 0.1) is 5.92 Å². The maximum Gasteiger partial charge on any atom is 0.222 e. The number of amides is 1. The lowest BCUT2D eigenvalue weighted by molar-refractivity contribution is -0.124. The van der Waals surface area contributed by atoms with Crippen molar-refractivity contribution in [3.63, 3.8) is 0 Å². The summed E-state index contributed by atoms with van der Waals surface area (Å²) in [6.07, 6.45) is 2.19. The third-order valence-electron chi connectivity index (χ3n) is 3.37. The Labute approximate surface area is 103 Å². The van der Waals surface area contributed by atoms with Gasteiger partial charge in [0.1, 0.15) is 0 Å². The molecule has 1 aliphatic rings. The molecule has 0 aliphatic carbocycles. The Balaban J connectivity index is 2.29. The zero-order valence-corrected chi connectivity index (χ0v) is 10.8. The minimum absolute atomic E-state index is 0.0151. The minimum atomic E-state index is -0.183. The van der Waals surface area contributed by atoms with Crippen molar-refractivity contribution in [1.82, 2.24) is 5.32 Å². The molecule has 2 atom stereocenters. The van der Waals surface area contributed by atoms with Crippen LogP contribution in [0.15, 0.2) is 0 Å². The molecule has 5 nitrogen and oxygen atoms in total. The normalized spacial score (nSPS) is 20.9. The van der Waals surface area contributed by atoms with Crippen molar-refractivity contribution in [1.29, 1.82) is 0 Å². The maximum absolute atomic E-state index is 11.7. The van der Waals surface area contributed by atoms with Crippen LogP contribution in [-0.2, 0) is 14.3 Å². The second-order valence-electron chi connectivity index (χ2n) is 4.60. The summed E-state index contributed by atoms with van der Waals surface area (Å²) in [4.78, 5) is 11.7. The largest absolute Gasteiger partial charge is 0.381 e. The lowest BCUT2D eigenvalue weighted by atomic mass is 9.93. The zero-order chi connectivity index (χ0) is 12.7. The first-order valence-electron chi connectivity index (χ1n) is 6.27. The first-order valence-corrected chi connectivity index (χ1v) is 6.27. The summed E-state index contributed by atoms with van der Waals surface area (Å²) in [5, 5.41) is 3.02. The topological polar surface area (TPSA) is 73.6 Å². The third-order valence-corrected chi connectivity index (χ3v) is 3.37. The Morgan fingerprint density at radius 3 is 2.71 bits per heavy atom. The van der Waals surface area contributed by atoms with Gasteiger partial charge in [0.2, 0.25) is 5.91 Å².